The molecule has 2 heterocycles. The molecule has 2 aromatic heterocycles. The lowest BCUT2D eigenvalue weighted by atomic mass is 10.2. The summed E-state index contributed by atoms with van der Waals surface area (Å²) in [6.07, 6.45) is 1.42. The number of esters is 1. The first-order valence-electron chi connectivity index (χ1n) is 6.04. The Morgan fingerprint density at radius 2 is 2.00 bits per heavy atom. The van der Waals surface area contributed by atoms with E-state index < -0.39 is 5.97 Å². The third-order valence-corrected chi connectivity index (χ3v) is 2.69. The summed E-state index contributed by atoms with van der Waals surface area (Å²) in [4.78, 5) is 11.6. The molecule has 1 aromatic carbocycles. The summed E-state index contributed by atoms with van der Waals surface area (Å²) in [6, 6.07) is 14.5. The standard InChI is InChI=1S/C15H11NO4/c17-15(13-7-4-8-18-13)19-10-12-9-14(20-16-12)11-5-2-1-3-6-11/h1-9H,10H2. The third-order valence-electron chi connectivity index (χ3n) is 2.69. The van der Waals surface area contributed by atoms with Crippen molar-refractivity contribution in [3.8, 4) is 11.3 Å². The van der Waals surface area contributed by atoms with E-state index in [9.17, 15) is 4.79 Å². The lowest BCUT2D eigenvalue weighted by Gasteiger charge is -1.98. The van der Waals surface area contributed by atoms with Crippen molar-refractivity contribution in [2.75, 3.05) is 0 Å². The predicted molar refractivity (Wildman–Crippen MR) is 69.8 cm³/mol. The highest BCUT2D eigenvalue weighted by atomic mass is 16.5. The maximum atomic E-state index is 11.6. The predicted octanol–water partition coefficient (Wildman–Crippen LogP) is 3.29. The van der Waals surface area contributed by atoms with Gasteiger partial charge in [-0.25, -0.2) is 4.79 Å². The number of furan rings is 1. The Kier molecular flexibility index (Phi) is 3.33. The highest BCUT2D eigenvalue weighted by Gasteiger charge is 2.12. The van der Waals surface area contributed by atoms with Crippen molar-refractivity contribution in [1.82, 2.24) is 5.16 Å². The van der Waals surface area contributed by atoms with Gasteiger partial charge in [-0.15, -0.1) is 0 Å². The number of carbonyl (C=O) groups excluding carboxylic acids is 1. The van der Waals surface area contributed by atoms with E-state index in [1.807, 2.05) is 30.3 Å². The van der Waals surface area contributed by atoms with Crippen LogP contribution in [0.15, 0.2) is 63.7 Å². The second-order valence-corrected chi connectivity index (χ2v) is 4.10. The molecule has 3 aromatic rings. The number of nitrogens with zero attached hydrogens (tertiary/aromatic N) is 1. The van der Waals surface area contributed by atoms with Crippen molar-refractivity contribution < 1.29 is 18.5 Å². The van der Waals surface area contributed by atoms with Gasteiger partial charge in [-0.3, -0.25) is 0 Å². The molecule has 0 N–H and O–H groups in total. The molecule has 0 aliphatic heterocycles. The first kappa shape index (κ1) is 12.2. The SMILES string of the molecule is O=C(OCc1cc(-c2ccccc2)on1)c1ccco1. The van der Waals surface area contributed by atoms with E-state index in [2.05, 4.69) is 5.16 Å². The van der Waals surface area contributed by atoms with Gasteiger partial charge in [0.1, 0.15) is 12.3 Å². The number of ether oxygens (including phenoxy) is 1. The number of rotatable bonds is 4. The fourth-order valence-electron chi connectivity index (χ4n) is 1.72. The Morgan fingerprint density at radius 3 is 2.75 bits per heavy atom. The van der Waals surface area contributed by atoms with Crippen molar-refractivity contribution in [1.29, 1.82) is 0 Å². The van der Waals surface area contributed by atoms with Gasteiger partial charge in [0.15, 0.2) is 5.76 Å². The maximum absolute atomic E-state index is 11.6. The monoisotopic (exact) mass is 269 g/mol. The normalized spacial score (nSPS) is 10.4. The van der Waals surface area contributed by atoms with Crippen LogP contribution in [0.5, 0.6) is 0 Å². The van der Waals surface area contributed by atoms with Crippen molar-refractivity contribution in [3.05, 3.63) is 66.2 Å². The Balaban J connectivity index is 1.65. The number of aromatic nitrogens is 1. The van der Waals surface area contributed by atoms with E-state index in [-0.39, 0.29) is 12.4 Å². The lowest BCUT2D eigenvalue weighted by Crippen LogP contribution is -2.03. The summed E-state index contributed by atoms with van der Waals surface area (Å²) < 4.78 is 15.2. The summed E-state index contributed by atoms with van der Waals surface area (Å²) in [5.41, 5.74) is 1.47. The minimum atomic E-state index is -0.528. The van der Waals surface area contributed by atoms with Crippen LogP contribution in [-0.4, -0.2) is 11.1 Å². The molecule has 0 bridgehead atoms. The van der Waals surface area contributed by atoms with Gasteiger partial charge in [0, 0.05) is 11.6 Å². The molecular formula is C15H11NO4. The molecule has 20 heavy (non-hydrogen) atoms. The first-order valence-corrected chi connectivity index (χ1v) is 6.04. The van der Waals surface area contributed by atoms with Crippen molar-refractivity contribution in [3.63, 3.8) is 0 Å². The van der Waals surface area contributed by atoms with Crippen molar-refractivity contribution in [2.45, 2.75) is 6.61 Å². The fourth-order valence-corrected chi connectivity index (χ4v) is 1.72. The van der Waals surface area contributed by atoms with Gasteiger partial charge in [0.05, 0.1) is 6.26 Å². The minimum Gasteiger partial charge on any atom is -0.457 e. The zero-order valence-electron chi connectivity index (χ0n) is 10.5. The molecule has 0 radical (unpaired) electrons. The molecule has 0 saturated heterocycles. The van der Waals surface area contributed by atoms with E-state index in [0.717, 1.165) is 5.56 Å². The molecular weight excluding hydrogens is 258 g/mol. The molecule has 0 fully saturated rings. The summed E-state index contributed by atoms with van der Waals surface area (Å²) in [5, 5.41) is 3.86. The van der Waals surface area contributed by atoms with Gasteiger partial charge in [-0.2, -0.15) is 0 Å². The summed E-state index contributed by atoms with van der Waals surface area (Å²) in [5.74, 6) is 0.269. The molecule has 100 valence electrons. The number of carbonyl (C=O) groups is 1. The summed E-state index contributed by atoms with van der Waals surface area (Å²) in [6.45, 7) is 0.0376. The average Bonchev–Trinajstić information content (AvgIpc) is 3.17. The number of benzene rings is 1. The quantitative estimate of drug-likeness (QED) is 0.680. The van der Waals surface area contributed by atoms with E-state index in [1.165, 1.54) is 6.26 Å². The fraction of sp³-hybridized carbons (Fsp3) is 0.0667. The van der Waals surface area contributed by atoms with E-state index in [1.54, 1.807) is 18.2 Å². The van der Waals surface area contributed by atoms with Gasteiger partial charge in [0.2, 0.25) is 5.76 Å². The number of hydrogen-bond donors (Lipinski definition) is 0. The van der Waals surface area contributed by atoms with Gasteiger partial charge in [0.25, 0.3) is 0 Å². The molecule has 5 heteroatoms. The summed E-state index contributed by atoms with van der Waals surface area (Å²) in [7, 11) is 0. The highest BCUT2D eigenvalue weighted by molar-refractivity contribution is 5.86. The van der Waals surface area contributed by atoms with Crippen LogP contribution in [0.1, 0.15) is 16.2 Å². The molecule has 0 aliphatic rings. The van der Waals surface area contributed by atoms with Crippen molar-refractivity contribution >= 4 is 5.97 Å². The minimum absolute atomic E-state index is 0.0376. The van der Waals surface area contributed by atoms with Gasteiger partial charge in [-0.05, 0) is 12.1 Å². The van der Waals surface area contributed by atoms with E-state index >= 15 is 0 Å². The third kappa shape index (κ3) is 2.61. The van der Waals surface area contributed by atoms with Crippen LogP contribution >= 0.6 is 0 Å². The van der Waals surface area contributed by atoms with Crippen LogP contribution in [0.2, 0.25) is 0 Å². The van der Waals surface area contributed by atoms with E-state index in [0.29, 0.717) is 11.5 Å². The molecule has 0 saturated carbocycles. The molecule has 0 spiro atoms. The Labute approximate surface area is 114 Å². The second-order valence-electron chi connectivity index (χ2n) is 4.10. The molecule has 0 atom stereocenters. The highest BCUT2D eigenvalue weighted by Crippen LogP contribution is 2.20. The van der Waals surface area contributed by atoms with Crippen LogP contribution in [0.25, 0.3) is 11.3 Å². The maximum Gasteiger partial charge on any atom is 0.374 e. The second kappa shape index (κ2) is 5.44. The van der Waals surface area contributed by atoms with Crippen LogP contribution in [0, 0.1) is 0 Å². The van der Waals surface area contributed by atoms with Crippen LogP contribution in [0.3, 0.4) is 0 Å². The zero-order valence-corrected chi connectivity index (χ0v) is 10.5. The van der Waals surface area contributed by atoms with Crippen molar-refractivity contribution in [2.24, 2.45) is 0 Å². The molecule has 0 amide bonds. The van der Waals surface area contributed by atoms with Gasteiger partial charge >= 0.3 is 5.97 Å². The van der Waals surface area contributed by atoms with Crippen LogP contribution < -0.4 is 0 Å². The Morgan fingerprint density at radius 1 is 1.15 bits per heavy atom. The summed E-state index contributed by atoms with van der Waals surface area (Å²) >= 11 is 0. The van der Waals surface area contributed by atoms with E-state index in [4.69, 9.17) is 13.7 Å². The Hall–Kier alpha value is -2.82. The molecule has 0 aliphatic carbocycles. The van der Waals surface area contributed by atoms with Gasteiger partial charge < -0.3 is 13.7 Å². The zero-order chi connectivity index (χ0) is 13.8. The first-order chi connectivity index (χ1) is 9.83. The lowest BCUT2D eigenvalue weighted by molar-refractivity contribution is 0.0428. The molecule has 3 rings (SSSR count). The van der Waals surface area contributed by atoms with Crippen LogP contribution in [0.4, 0.5) is 0 Å². The largest absolute Gasteiger partial charge is 0.457 e. The van der Waals surface area contributed by atoms with Gasteiger partial charge in [-0.1, -0.05) is 35.5 Å². The molecule has 0 unspecified atom stereocenters. The average molecular weight is 269 g/mol. The van der Waals surface area contributed by atoms with Crippen LogP contribution in [-0.2, 0) is 11.3 Å². The smallest absolute Gasteiger partial charge is 0.374 e. The molecule has 5 nitrogen and oxygen atoms in total. The Bertz CT molecular complexity index is 686. The topological polar surface area (TPSA) is 65.5 Å². The number of hydrogen-bond acceptors (Lipinski definition) is 5.